The van der Waals surface area contributed by atoms with Crippen LogP contribution in [0.25, 0.3) is 0 Å². The maximum atomic E-state index is 12.0. The Morgan fingerprint density at radius 1 is 1.33 bits per heavy atom. The molecule has 0 aliphatic heterocycles. The van der Waals surface area contributed by atoms with Gasteiger partial charge in [0, 0.05) is 5.02 Å². The lowest BCUT2D eigenvalue weighted by Crippen LogP contribution is -2.36. The lowest BCUT2D eigenvalue weighted by molar-refractivity contribution is -0.121. The van der Waals surface area contributed by atoms with Crippen LogP contribution in [0.5, 0.6) is 0 Å². The molecule has 1 aromatic carbocycles. The van der Waals surface area contributed by atoms with Crippen molar-refractivity contribution in [3.05, 3.63) is 34.9 Å². The molecule has 1 aromatic rings. The van der Waals surface area contributed by atoms with E-state index in [2.05, 4.69) is 35.1 Å². The second-order valence-electron chi connectivity index (χ2n) is 4.57. The zero-order chi connectivity index (χ0) is 13.7. The molecule has 0 radical (unpaired) electrons. The van der Waals surface area contributed by atoms with E-state index in [0.717, 1.165) is 12.0 Å². The van der Waals surface area contributed by atoms with E-state index in [9.17, 15) is 4.79 Å². The third-order valence-corrected chi connectivity index (χ3v) is 4.69. The summed E-state index contributed by atoms with van der Waals surface area (Å²) >= 11 is 9.29. The minimum Gasteiger partial charge on any atom is -0.349 e. The molecule has 0 heterocycles. The average Bonchev–Trinajstić information content (AvgIpc) is 2.37. The van der Waals surface area contributed by atoms with Crippen LogP contribution in [0.1, 0.15) is 38.8 Å². The molecule has 1 amide bonds. The largest absolute Gasteiger partial charge is 0.349 e. The lowest BCUT2D eigenvalue weighted by Gasteiger charge is -2.20. The number of benzene rings is 1. The number of alkyl halides is 1. The summed E-state index contributed by atoms with van der Waals surface area (Å²) in [4.78, 5) is 11.9. The van der Waals surface area contributed by atoms with E-state index in [4.69, 9.17) is 11.6 Å². The number of halogens is 2. The Labute approximate surface area is 122 Å². The van der Waals surface area contributed by atoms with Crippen LogP contribution in [0.4, 0.5) is 0 Å². The van der Waals surface area contributed by atoms with Gasteiger partial charge in [0.05, 0.1) is 10.9 Å². The van der Waals surface area contributed by atoms with Gasteiger partial charge in [-0.2, -0.15) is 0 Å². The van der Waals surface area contributed by atoms with Crippen molar-refractivity contribution in [2.24, 2.45) is 5.92 Å². The lowest BCUT2D eigenvalue weighted by atomic mass is 10.0. The predicted molar refractivity (Wildman–Crippen MR) is 80.2 cm³/mol. The molecular formula is C14H19BrClNO. The standard InChI is InChI=1S/C14H19BrClNO/c1-4-9(2)13(15)14(18)17-10(3)11-5-7-12(16)8-6-11/h5-10,13H,4H2,1-3H3,(H,17,18). The highest BCUT2D eigenvalue weighted by atomic mass is 79.9. The molecule has 100 valence electrons. The molecule has 3 atom stereocenters. The summed E-state index contributed by atoms with van der Waals surface area (Å²) in [6.45, 7) is 6.11. The van der Waals surface area contributed by atoms with E-state index in [-0.39, 0.29) is 16.8 Å². The van der Waals surface area contributed by atoms with E-state index in [1.807, 2.05) is 31.2 Å². The monoisotopic (exact) mass is 331 g/mol. The van der Waals surface area contributed by atoms with Crippen molar-refractivity contribution in [1.29, 1.82) is 0 Å². The Balaban J connectivity index is 2.61. The molecule has 1 N–H and O–H groups in total. The van der Waals surface area contributed by atoms with Crippen LogP contribution in [0, 0.1) is 5.92 Å². The summed E-state index contributed by atoms with van der Waals surface area (Å²) in [7, 11) is 0. The van der Waals surface area contributed by atoms with E-state index >= 15 is 0 Å². The number of carbonyl (C=O) groups is 1. The maximum Gasteiger partial charge on any atom is 0.234 e. The van der Waals surface area contributed by atoms with E-state index in [1.165, 1.54) is 0 Å². The molecule has 0 saturated carbocycles. The van der Waals surface area contributed by atoms with Crippen LogP contribution >= 0.6 is 27.5 Å². The van der Waals surface area contributed by atoms with Gasteiger partial charge < -0.3 is 5.32 Å². The molecule has 2 nitrogen and oxygen atoms in total. The fraction of sp³-hybridized carbons (Fsp3) is 0.500. The second-order valence-corrected chi connectivity index (χ2v) is 5.99. The third kappa shape index (κ3) is 4.29. The Kier molecular flexibility index (Phi) is 6.16. The number of carbonyl (C=O) groups excluding carboxylic acids is 1. The van der Waals surface area contributed by atoms with E-state index in [1.54, 1.807) is 0 Å². The van der Waals surface area contributed by atoms with Crippen molar-refractivity contribution in [2.75, 3.05) is 0 Å². The van der Waals surface area contributed by atoms with Gasteiger partial charge in [-0.15, -0.1) is 0 Å². The van der Waals surface area contributed by atoms with Crippen molar-refractivity contribution in [1.82, 2.24) is 5.32 Å². The van der Waals surface area contributed by atoms with E-state index < -0.39 is 0 Å². The van der Waals surface area contributed by atoms with Gasteiger partial charge in [-0.3, -0.25) is 4.79 Å². The van der Waals surface area contributed by atoms with Crippen LogP contribution in [0.15, 0.2) is 24.3 Å². The Morgan fingerprint density at radius 2 is 1.89 bits per heavy atom. The molecule has 0 aliphatic carbocycles. The number of hydrogen-bond donors (Lipinski definition) is 1. The summed E-state index contributed by atoms with van der Waals surface area (Å²) in [6, 6.07) is 7.51. The Hall–Kier alpha value is -0.540. The average molecular weight is 333 g/mol. The van der Waals surface area contributed by atoms with Crippen molar-refractivity contribution in [3.8, 4) is 0 Å². The molecule has 18 heavy (non-hydrogen) atoms. The first-order valence-corrected chi connectivity index (χ1v) is 7.45. The quantitative estimate of drug-likeness (QED) is 0.799. The van der Waals surface area contributed by atoms with Gasteiger partial charge in [0.1, 0.15) is 0 Å². The molecule has 0 aromatic heterocycles. The molecule has 0 fully saturated rings. The van der Waals surface area contributed by atoms with Crippen molar-refractivity contribution >= 4 is 33.4 Å². The molecule has 3 unspecified atom stereocenters. The highest BCUT2D eigenvalue weighted by molar-refractivity contribution is 9.10. The molecule has 4 heteroatoms. The van der Waals surface area contributed by atoms with Gasteiger partial charge in [0.2, 0.25) is 5.91 Å². The first-order valence-electron chi connectivity index (χ1n) is 6.15. The second kappa shape index (κ2) is 7.15. The first-order chi connectivity index (χ1) is 8.45. The Bertz CT molecular complexity index is 393. The van der Waals surface area contributed by atoms with Crippen LogP contribution in [-0.4, -0.2) is 10.7 Å². The minimum absolute atomic E-state index is 0.0149. The van der Waals surface area contributed by atoms with Crippen LogP contribution < -0.4 is 5.32 Å². The fourth-order valence-electron chi connectivity index (χ4n) is 1.59. The van der Waals surface area contributed by atoms with E-state index in [0.29, 0.717) is 10.9 Å². The van der Waals surface area contributed by atoms with Gasteiger partial charge in [0.25, 0.3) is 0 Å². The number of amides is 1. The SMILES string of the molecule is CCC(C)C(Br)C(=O)NC(C)c1ccc(Cl)cc1. The summed E-state index contributed by atoms with van der Waals surface area (Å²) in [6.07, 6.45) is 0.971. The third-order valence-electron chi connectivity index (χ3n) is 3.12. The molecule has 0 aliphatic rings. The summed E-state index contributed by atoms with van der Waals surface area (Å²) < 4.78 is 0. The topological polar surface area (TPSA) is 29.1 Å². The van der Waals surface area contributed by atoms with Crippen molar-refractivity contribution in [3.63, 3.8) is 0 Å². The molecule has 0 bridgehead atoms. The zero-order valence-electron chi connectivity index (χ0n) is 10.9. The normalized spacial score (nSPS) is 15.8. The first kappa shape index (κ1) is 15.5. The van der Waals surface area contributed by atoms with Gasteiger partial charge >= 0.3 is 0 Å². The van der Waals surface area contributed by atoms with Gasteiger partial charge in [-0.1, -0.05) is 59.9 Å². The predicted octanol–water partition coefficient (Wildman–Crippen LogP) is 4.33. The highest BCUT2D eigenvalue weighted by Crippen LogP contribution is 2.19. The van der Waals surface area contributed by atoms with Crippen LogP contribution in [-0.2, 0) is 4.79 Å². The number of rotatable bonds is 5. The summed E-state index contributed by atoms with van der Waals surface area (Å²) in [5, 5.41) is 3.71. The zero-order valence-corrected chi connectivity index (χ0v) is 13.3. The van der Waals surface area contributed by atoms with Crippen LogP contribution in [0.3, 0.4) is 0 Å². The molecule has 0 spiro atoms. The Morgan fingerprint density at radius 3 is 2.39 bits per heavy atom. The summed E-state index contributed by atoms with van der Waals surface area (Å²) in [5.41, 5.74) is 1.05. The van der Waals surface area contributed by atoms with Gasteiger partial charge in [-0.25, -0.2) is 0 Å². The number of nitrogens with one attached hydrogen (secondary N) is 1. The number of hydrogen-bond acceptors (Lipinski definition) is 1. The fourth-order valence-corrected chi connectivity index (χ4v) is 2.23. The van der Waals surface area contributed by atoms with Gasteiger partial charge in [-0.05, 0) is 30.5 Å². The molecule has 1 rings (SSSR count). The van der Waals surface area contributed by atoms with Crippen molar-refractivity contribution in [2.45, 2.75) is 38.1 Å². The van der Waals surface area contributed by atoms with Gasteiger partial charge in [0.15, 0.2) is 0 Å². The smallest absolute Gasteiger partial charge is 0.234 e. The molecular weight excluding hydrogens is 314 g/mol. The van der Waals surface area contributed by atoms with Crippen molar-refractivity contribution < 1.29 is 4.79 Å². The summed E-state index contributed by atoms with van der Waals surface area (Å²) in [5.74, 6) is 0.356. The van der Waals surface area contributed by atoms with Crippen LogP contribution in [0.2, 0.25) is 5.02 Å². The molecule has 0 saturated heterocycles. The maximum absolute atomic E-state index is 12.0. The highest BCUT2D eigenvalue weighted by Gasteiger charge is 2.22. The minimum atomic E-state index is -0.141.